The Morgan fingerprint density at radius 1 is 1.39 bits per heavy atom. The molecule has 0 saturated carbocycles. The molecule has 0 amide bonds. The van der Waals surface area contributed by atoms with Crippen molar-refractivity contribution < 1.29 is 0 Å². The smallest absolute Gasteiger partial charge is 0.0417 e. The molecule has 3 unspecified atom stereocenters. The van der Waals surface area contributed by atoms with Crippen molar-refractivity contribution in [3.63, 3.8) is 0 Å². The van der Waals surface area contributed by atoms with E-state index >= 15 is 0 Å². The van der Waals surface area contributed by atoms with Crippen molar-refractivity contribution in [2.24, 2.45) is 5.92 Å². The molecule has 1 saturated heterocycles. The molecule has 100 valence electrons. The van der Waals surface area contributed by atoms with Gasteiger partial charge in [0.05, 0.1) is 0 Å². The third kappa shape index (κ3) is 2.72. The number of rotatable bonds is 3. The summed E-state index contributed by atoms with van der Waals surface area (Å²) in [6.45, 7) is 8.07. The van der Waals surface area contributed by atoms with E-state index < -0.39 is 0 Å². The highest BCUT2D eigenvalue weighted by Gasteiger charge is 2.28. The molecule has 1 aliphatic rings. The van der Waals surface area contributed by atoms with Crippen molar-refractivity contribution >= 4 is 21.6 Å². The van der Waals surface area contributed by atoms with Gasteiger partial charge < -0.3 is 10.2 Å². The molecule has 1 fully saturated rings. The first-order valence-corrected chi connectivity index (χ1v) is 7.55. The van der Waals surface area contributed by atoms with E-state index in [1.807, 2.05) is 7.05 Å². The molecular formula is C15H23BrN2. The molecule has 1 aliphatic heterocycles. The van der Waals surface area contributed by atoms with Crippen LogP contribution >= 0.6 is 15.9 Å². The third-order valence-corrected chi connectivity index (χ3v) is 4.48. The van der Waals surface area contributed by atoms with Gasteiger partial charge in [0.25, 0.3) is 0 Å². The van der Waals surface area contributed by atoms with Gasteiger partial charge in [-0.2, -0.15) is 0 Å². The van der Waals surface area contributed by atoms with E-state index in [0.717, 1.165) is 10.4 Å². The lowest BCUT2D eigenvalue weighted by Gasteiger charge is -2.28. The largest absolute Gasteiger partial charge is 0.368 e. The molecule has 3 heteroatoms. The van der Waals surface area contributed by atoms with E-state index in [9.17, 15) is 0 Å². The van der Waals surface area contributed by atoms with Gasteiger partial charge in [-0.1, -0.05) is 22.9 Å². The fourth-order valence-electron chi connectivity index (χ4n) is 2.92. The number of hydrogen-bond acceptors (Lipinski definition) is 2. The summed E-state index contributed by atoms with van der Waals surface area (Å²) in [6, 6.07) is 7.66. The van der Waals surface area contributed by atoms with E-state index in [1.54, 1.807) is 0 Å². The second kappa shape index (κ2) is 5.62. The van der Waals surface area contributed by atoms with Crippen LogP contribution in [-0.4, -0.2) is 19.6 Å². The second-order valence-electron chi connectivity index (χ2n) is 5.56. The molecule has 0 bridgehead atoms. The van der Waals surface area contributed by atoms with Crippen LogP contribution in [0.3, 0.4) is 0 Å². The normalized spacial score (nSPS) is 25.5. The number of benzene rings is 1. The molecule has 0 aliphatic carbocycles. The lowest BCUT2D eigenvalue weighted by atomic mass is 10.0. The highest BCUT2D eigenvalue weighted by atomic mass is 79.9. The van der Waals surface area contributed by atoms with E-state index in [1.165, 1.54) is 24.2 Å². The van der Waals surface area contributed by atoms with Gasteiger partial charge in [0.2, 0.25) is 0 Å². The van der Waals surface area contributed by atoms with Crippen molar-refractivity contribution in [1.82, 2.24) is 5.32 Å². The monoisotopic (exact) mass is 310 g/mol. The first kappa shape index (κ1) is 13.9. The molecule has 1 aromatic carbocycles. The Hall–Kier alpha value is -0.540. The predicted octanol–water partition coefficient (Wildman–Crippen LogP) is 3.96. The molecule has 2 nitrogen and oxygen atoms in total. The molecule has 1 aromatic rings. The lowest BCUT2D eigenvalue weighted by molar-refractivity contribution is 0.624. The minimum atomic E-state index is 0.376. The van der Waals surface area contributed by atoms with Gasteiger partial charge in [0, 0.05) is 28.8 Å². The molecule has 18 heavy (non-hydrogen) atoms. The summed E-state index contributed by atoms with van der Waals surface area (Å²) < 4.78 is 1.16. The number of anilines is 1. The topological polar surface area (TPSA) is 15.3 Å². The van der Waals surface area contributed by atoms with E-state index in [-0.39, 0.29) is 0 Å². The average Bonchev–Trinajstić information content (AvgIpc) is 2.67. The van der Waals surface area contributed by atoms with Gasteiger partial charge in [-0.15, -0.1) is 0 Å². The van der Waals surface area contributed by atoms with Crippen LogP contribution in [0.15, 0.2) is 22.7 Å². The van der Waals surface area contributed by atoms with Gasteiger partial charge >= 0.3 is 0 Å². The predicted molar refractivity (Wildman–Crippen MR) is 82.2 cm³/mol. The first-order chi connectivity index (χ1) is 8.52. The molecule has 3 atom stereocenters. The van der Waals surface area contributed by atoms with Gasteiger partial charge in [0.15, 0.2) is 0 Å². The van der Waals surface area contributed by atoms with Crippen molar-refractivity contribution in [3.05, 3.63) is 28.2 Å². The van der Waals surface area contributed by atoms with Crippen molar-refractivity contribution in [1.29, 1.82) is 0 Å². The van der Waals surface area contributed by atoms with Crippen LogP contribution in [0.2, 0.25) is 0 Å². The average molecular weight is 311 g/mol. The molecule has 1 heterocycles. The molecule has 0 spiro atoms. The fourth-order valence-corrected chi connectivity index (χ4v) is 3.30. The van der Waals surface area contributed by atoms with Gasteiger partial charge in [0.1, 0.15) is 0 Å². The van der Waals surface area contributed by atoms with Crippen molar-refractivity contribution in [2.45, 2.75) is 39.3 Å². The number of halogens is 1. The van der Waals surface area contributed by atoms with Crippen LogP contribution in [0.4, 0.5) is 5.69 Å². The molecule has 0 radical (unpaired) electrons. The van der Waals surface area contributed by atoms with Gasteiger partial charge in [-0.3, -0.25) is 0 Å². The minimum absolute atomic E-state index is 0.376. The lowest BCUT2D eigenvalue weighted by Crippen LogP contribution is -2.29. The summed E-state index contributed by atoms with van der Waals surface area (Å²) in [7, 11) is 2.02. The summed E-state index contributed by atoms with van der Waals surface area (Å²) in [4.78, 5) is 2.56. The van der Waals surface area contributed by atoms with Crippen LogP contribution in [-0.2, 0) is 0 Å². The Morgan fingerprint density at radius 2 is 2.11 bits per heavy atom. The Labute approximate surface area is 119 Å². The SMILES string of the molecule is CNC(C)c1cc(Br)ccc1N1CC(C)CC1C. The van der Waals surface area contributed by atoms with Crippen LogP contribution in [0.25, 0.3) is 0 Å². The van der Waals surface area contributed by atoms with Crippen molar-refractivity contribution in [2.75, 3.05) is 18.5 Å². The molecular weight excluding hydrogens is 288 g/mol. The van der Waals surface area contributed by atoms with E-state index in [4.69, 9.17) is 0 Å². The fraction of sp³-hybridized carbons (Fsp3) is 0.600. The minimum Gasteiger partial charge on any atom is -0.368 e. The third-order valence-electron chi connectivity index (χ3n) is 3.98. The van der Waals surface area contributed by atoms with Crippen LogP contribution in [0.1, 0.15) is 38.8 Å². The van der Waals surface area contributed by atoms with Crippen molar-refractivity contribution in [3.8, 4) is 0 Å². The van der Waals surface area contributed by atoms with Crippen LogP contribution in [0.5, 0.6) is 0 Å². The number of nitrogens with one attached hydrogen (secondary N) is 1. The Morgan fingerprint density at radius 3 is 2.67 bits per heavy atom. The van der Waals surface area contributed by atoms with Crippen LogP contribution < -0.4 is 10.2 Å². The van der Waals surface area contributed by atoms with Gasteiger partial charge in [-0.25, -0.2) is 0 Å². The summed E-state index contributed by atoms with van der Waals surface area (Å²) in [5.74, 6) is 0.793. The summed E-state index contributed by atoms with van der Waals surface area (Å²) >= 11 is 3.58. The molecule has 0 aromatic heterocycles. The number of hydrogen-bond donors (Lipinski definition) is 1. The standard InChI is InChI=1S/C15H23BrN2/c1-10-7-11(2)18(9-10)15-6-5-13(16)8-14(15)12(3)17-4/h5-6,8,10-12,17H,7,9H2,1-4H3. The maximum atomic E-state index is 3.58. The van der Waals surface area contributed by atoms with Crippen LogP contribution in [0, 0.1) is 5.92 Å². The Kier molecular flexibility index (Phi) is 4.33. The summed E-state index contributed by atoms with van der Waals surface area (Å²) in [5, 5.41) is 3.35. The maximum absolute atomic E-state index is 3.58. The second-order valence-corrected chi connectivity index (χ2v) is 6.47. The maximum Gasteiger partial charge on any atom is 0.0417 e. The highest BCUT2D eigenvalue weighted by molar-refractivity contribution is 9.10. The zero-order valence-corrected chi connectivity index (χ0v) is 13.3. The highest BCUT2D eigenvalue weighted by Crippen LogP contribution is 2.35. The van der Waals surface area contributed by atoms with E-state index in [0.29, 0.717) is 12.1 Å². The first-order valence-electron chi connectivity index (χ1n) is 6.76. The van der Waals surface area contributed by atoms with Gasteiger partial charge in [-0.05, 0) is 57.0 Å². The zero-order valence-electron chi connectivity index (χ0n) is 11.7. The molecule has 1 N–H and O–H groups in total. The Bertz CT molecular complexity index is 419. The summed E-state index contributed by atoms with van der Waals surface area (Å²) in [5.41, 5.74) is 2.77. The zero-order chi connectivity index (χ0) is 13.3. The van der Waals surface area contributed by atoms with E-state index in [2.05, 4.69) is 65.1 Å². The quantitative estimate of drug-likeness (QED) is 0.909. The number of nitrogens with zero attached hydrogens (tertiary/aromatic N) is 1. The summed E-state index contributed by atoms with van der Waals surface area (Å²) in [6.07, 6.45) is 1.30. The Balaban J connectivity index is 2.37. The molecule has 2 rings (SSSR count).